The van der Waals surface area contributed by atoms with Crippen molar-refractivity contribution in [1.29, 1.82) is 0 Å². The topological polar surface area (TPSA) is 93.3 Å². The zero-order chi connectivity index (χ0) is 12.1. The Kier molecular flexibility index (Phi) is 4.30. The molecule has 1 aromatic rings. The van der Waals surface area contributed by atoms with Gasteiger partial charge in [0.05, 0.1) is 19.8 Å². The van der Waals surface area contributed by atoms with E-state index in [9.17, 15) is 5.11 Å². The molecule has 0 bridgehead atoms. The second-order valence-corrected chi connectivity index (χ2v) is 3.82. The van der Waals surface area contributed by atoms with E-state index >= 15 is 0 Å². The summed E-state index contributed by atoms with van der Waals surface area (Å²) in [6.07, 6.45) is 1.37. The zero-order valence-corrected chi connectivity index (χ0v) is 9.77. The van der Waals surface area contributed by atoms with Gasteiger partial charge in [0.15, 0.2) is 5.82 Å². The number of methoxy groups -OCH3 is 1. The first-order valence-electron chi connectivity index (χ1n) is 5.12. The Morgan fingerprint density at radius 1 is 1.50 bits per heavy atom. The minimum absolute atomic E-state index is 0.0173. The van der Waals surface area contributed by atoms with Gasteiger partial charge in [-0.05, 0) is 5.92 Å². The van der Waals surface area contributed by atoms with Gasteiger partial charge in [0.1, 0.15) is 12.0 Å². The van der Waals surface area contributed by atoms with Crippen LogP contribution in [0.2, 0.25) is 0 Å². The monoisotopic (exact) mass is 226 g/mol. The lowest BCUT2D eigenvalue weighted by Crippen LogP contribution is -2.30. The molecule has 0 aromatic carbocycles. The number of nitrogens with two attached hydrogens (primary N) is 1. The summed E-state index contributed by atoms with van der Waals surface area (Å²) < 4.78 is 4.98. The maximum Gasteiger partial charge on any atom is 0.242 e. The van der Waals surface area contributed by atoms with Crippen molar-refractivity contribution in [2.45, 2.75) is 19.9 Å². The van der Waals surface area contributed by atoms with Crippen LogP contribution in [0.15, 0.2) is 6.33 Å². The van der Waals surface area contributed by atoms with Gasteiger partial charge in [-0.1, -0.05) is 13.8 Å². The summed E-state index contributed by atoms with van der Waals surface area (Å²) in [5, 5.41) is 12.3. The number of aliphatic hydroxyl groups is 1. The van der Waals surface area contributed by atoms with Gasteiger partial charge in [-0.3, -0.25) is 0 Å². The fourth-order valence-electron chi connectivity index (χ4n) is 1.26. The van der Waals surface area contributed by atoms with Gasteiger partial charge in [0.25, 0.3) is 0 Å². The normalized spacial score (nSPS) is 12.6. The predicted molar refractivity (Wildman–Crippen MR) is 62.3 cm³/mol. The van der Waals surface area contributed by atoms with Crippen LogP contribution >= 0.6 is 0 Å². The number of aliphatic hydroxyl groups excluding tert-OH is 1. The van der Waals surface area contributed by atoms with E-state index in [0.29, 0.717) is 17.4 Å². The van der Waals surface area contributed by atoms with Crippen LogP contribution < -0.4 is 15.8 Å². The summed E-state index contributed by atoms with van der Waals surface area (Å²) >= 11 is 0. The number of hydrogen-bond acceptors (Lipinski definition) is 6. The Hall–Kier alpha value is -1.56. The number of rotatable bonds is 5. The van der Waals surface area contributed by atoms with Gasteiger partial charge < -0.3 is 20.9 Å². The third kappa shape index (κ3) is 2.73. The standard InChI is InChI=1S/C10H18N4O2/c1-6(2)7(4-15)14-9-8(11)10(16-3)13-5-12-9/h5-7,15H,4,11H2,1-3H3,(H,12,13,14). The highest BCUT2D eigenvalue weighted by atomic mass is 16.5. The second kappa shape index (κ2) is 5.50. The van der Waals surface area contributed by atoms with Crippen molar-refractivity contribution in [3.8, 4) is 5.88 Å². The van der Waals surface area contributed by atoms with Crippen LogP contribution in [0.5, 0.6) is 5.88 Å². The van der Waals surface area contributed by atoms with Gasteiger partial charge in [0, 0.05) is 0 Å². The largest absolute Gasteiger partial charge is 0.479 e. The van der Waals surface area contributed by atoms with E-state index in [2.05, 4.69) is 15.3 Å². The van der Waals surface area contributed by atoms with E-state index in [1.54, 1.807) is 0 Å². The molecule has 0 fully saturated rings. The van der Waals surface area contributed by atoms with Crippen LogP contribution in [-0.4, -0.2) is 34.8 Å². The lowest BCUT2D eigenvalue weighted by Gasteiger charge is -2.21. The highest BCUT2D eigenvalue weighted by Crippen LogP contribution is 2.25. The molecule has 0 aliphatic carbocycles. The molecular weight excluding hydrogens is 208 g/mol. The molecule has 0 saturated carbocycles. The SMILES string of the molecule is COc1ncnc(NC(CO)C(C)C)c1N. The lowest BCUT2D eigenvalue weighted by atomic mass is 10.1. The quantitative estimate of drug-likeness (QED) is 0.676. The molecule has 4 N–H and O–H groups in total. The highest BCUT2D eigenvalue weighted by molar-refractivity contribution is 5.66. The summed E-state index contributed by atoms with van der Waals surface area (Å²) in [5.74, 6) is 1.09. The predicted octanol–water partition coefficient (Wildman–Crippen LogP) is 0.496. The van der Waals surface area contributed by atoms with Crippen molar-refractivity contribution in [3.63, 3.8) is 0 Å². The van der Waals surface area contributed by atoms with Gasteiger partial charge in [-0.2, -0.15) is 4.98 Å². The minimum Gasteiger partial charge on any atom is -0.479 e. The molecule has 1 rings (SSSR count). The minimum atomic E-state index is -0.0955. The maximum atomic E-state index is 9.20. The Bertz CT molecular complexity index is 344. The Morgan fingerprint density at radius 2 is 2.19 bits per heavy atom. The van der Waals surface area contributed by atoms with Crippen molar-refractivity contribution in [2.75, 3.05) is 24.8 Å². The van der Waals surface area contributed by atoms with Gasteiger partial charge in [-0.25, -0.2) is 4.98 Å². The number of nitrogen functional groups attached to an aromatic ring is 1. The zero-order valence-electron chi connectivity index (χ0n) is 9.77. The van der Waals surface area contributed by atoms with E-state index in [1.165, 1.54) is 13.4 Å². The first kappa shape index (κ1) is 12.5. The first-order valence-corrected chi connectivity index (χ1v) is 5.12. The molecule has 90 valence electrons. The fraction of sp³-hybridized carbons (Fsp3) is 0.600. The number of ether oxygens (including phenoxy) is 1. The smallest absolute Gasteiger partial charge is 0.242 e. The summed E-state index contributed by atoms with van der Waals surface area (Å²) in [6.45, 7) is 4.02. The summed E-state index contributed by atoms with van der Waals surface area (Å²) in [6, 6.07) is -0.0955. The molecule has 0 saturated heterocycles. The molecule has 0 amide bonds. The van der Waals surface area contributed by atoms with Crippen LogP contribution in [0.25, 0.3) is 0 Å². The Balaban J connectivity index is 2.88. The number of aromatic nitrogens is 2. The maximum absolute atomic E-state index is 9.20. The van der Waals surface area contributed by atoms with Crippen LogP contribution in [0.1, 0.15) is 13.8 Å². The highest BCUT2D eigenvalue weighted by Gasteiger charge is 2.15. The molecule has 0 aliphatic heterocycles. The molecule has 0 spiro atoms. The summed E-state index contributed by atoms with van der Waals surface area (Å²) in [4.78, 5) is 7.89. The molecule has 0 aliphatic rings. The molecule has 16 heavy (non-hydrogen) atoms. The molecule has 1 aromatic heterocycles. The van der Waals surface area contributed by atoms with E-state index in [1.807, 2.05) is 13.8 Å². The Labute approximate surface area is 94.9 Å². The van der Waals surface area contributed by atoms with Crippen LogP contribution in [0.3, 0.4) is 0 Å². The van der Waals surface area contributed by atoms with Gasteiger partial charge >= 0.3 is 0 Å². The molecule has 6 nitrogen and oxygen atoms in total. The first-order chi connectivity index (χ1) is 7.60. The molecule has 6 heteroatoms. The van der Waals surface area contributed by atoms with Crippen molar-refractivity contribution in [2.24, 2.45) is 5.92 Å². The number of nitrogens with one attached hydrogen (secondary N) is 1. The van der Waals surface area contributed by atoms with E-state index in [4.69, 9.17) is 10.5 Å². The van der Waals surface area contributed by atoms with Crippen LogP contribution in [0.4, 0.5) is 11.5 Å². The third-order valence-electron chi connectivity index (χ3n) is 2.36. The molecule has 1 unspecified atom stereocenters. The number of nitrogens with zero attached hydrogens (tertiary/aromatic N) is 2. The lowest BCUT2D eigenvalue weighted by molar-refractivity contribution is 0.249. The second-order valence-electron chi connectivity index (χ2n) is 3.82. The van der Waals surface area contributed by atoms with Crippen molar-refractivity contribution in [3.05, 3.63) is 6.33 Å². The number of anilines is 2. The average molecular weight is 226 g/mol. The molecule has 1 atom stereocenters. The van der Waals surface area contributed by atoms with E-state index in [0.717, 1.165) is 0 Å². The number of hydrogen-bond donors (Lipinski definition) is 3. The van der Waals surface area contributed by atoms with E-state index < -0.39 is 0 Å². The van der Waals surface area contributed by atoms with Crippen LogP contribution in [0, 0.1) is 5.92 Å². The van der Waals surface area contributed by atoms with Crippen molar-refractivity contribution in [1.82, 2.24) is 9.97 Å². The van der Waals surface area contributed by atoms with Gasteiger partial charge in [-0.15, -0.1) is 0 Å². The van der Waals surface area contributed by atoms with Gasteiger partial charge in [0.2, 0.25) is 5.88 Å². The fourth-order valence-corrected chi connectivity index (χ4v) is 1.26. The summed E-state index contributed by atoms with van der Waals surface area (Å²) in [5.41, 5.74) is 6.15. The molecular formula is C10H18N4O2. The van der Waals surface area contributed by atoms with Crippen molar-refractivity contribution < 1.29 is 9.84 Å². The Morgan fingerprint density at radius 3 is 2.69 bits per heavy atom. The van der Waals surface area contributed by atoms with Crippen molar-refractivity contribution >= 4 is 11.5 Å². The third-order valence-corrected chi connectivity index (χ3v) is 2.36. The molecule has 0 radical (unpaired) electrons. The average Bonchev–Trinajstić information content (AvgIpc) is 2.27. The molecule has 1 heterocycles. The van der Waals surface area contributed by atoms with Crippen LogP contribution in [-0.2, 0) is 0 Å². The summed E-state index contributed by atoms with van der Waals surface area (Å²) in [7, 11) is 1.49. The van der Waals surface area contributed by atoms with E-state index in [-0.39, 0.29) is 18.6 Å².